The number of hydrogen-bond acceptors (Lipinski definition) is 8. The van der Waals surface area contributed by atoms with E-state index in [0.29, 0.717) is 40.0 Å². The molecule has 0 bridgehead atoms. The van der Waals surface area contributed by atoms with Gasteiger partial charge in [-0.25, -0.2) is 15.0 Å². The summed E-state index contributed by atoms with van der Waals surface area (Å²) in [4.78, 5) is 47.2. The summed E-state index contributed by atoms with van der Waals surface area (Å²) in [6, 6.07) is -0.356. The normalized spacial score (nSPS) is 14.2. The fraction of sp³-hybridized carbons (Fsp3) is 0.300. The number of aldehydes is 1. The monoisotopic (exact) mass is 462 g/mol. The van der Waals surface area contributed by atoms with E-state index in [9.17, 15) is 14.4 Å². The number of halogens is 1. The summed E-state index contributed by atoms with van der Waals surface area (Å²) in [5.41, 5.74) is 7.00. The Balaban J connectivity index is 0.000000366. The number of allylic oxidation sites excluding steroid dienone is 3. The second kappa shape index (κ2) is 11.9. The number of fused-ring (bicyclic) bond motifs is 1. The van der Waals surface area contributed by atoms with Crippen LogP contribution in [0.5, 0.6) is 0 Å². The predicted octanol–water partition coefficient (Wildman–Crippen LogP) is 2.77. The van der Waals surface area contributed by atoms with Crippen LogP contribution in [0.25, 0.3) is 0 Å². The van der Waals surface area contributed by atoms with Crippen LogP contribution in [0.4, 0.5) is 5.82 Å². The molecule has 1 unspecified atom stereocenters. The summed E-state index contributed by atoms with van der Waals surface area (Å²) >= 11 is 6.56. The number of amides is 2. The van der Waals surface area contributed by atoms with Gasteiger partial charge < -0.3 is 16.4 Å². The van der Waals surface area contributed by atoms with Crippen molar-refractivity contribution in [2.45, 2.75) is 32.7 Å². The highest BCUT2D eigenvalue weighted by Crippen LogP contribution is 2.23. The first-order valence-electron chi connectivity index (χ1n) is 9.39. The maximum absolute atomic E-state index is 12.5. The van der Waals surface area contributed by atoms with Gasteiger partial charge in [-0.3, -0.25) is 14.4 Å². The zero-order valence-electron chi connectivity index (χ0n) is 17.1. The zero-order valence-corrected chi connectivity index (χ0v) is 18.7. The number of nitrogens with one attached hydrogen (secondary N) is 2. The van der Waals surface area contributed by atoms with Crippen molar-refractivity contribution in [2.75, 3.05) is 11.2 Å². The Labute approximate surface area is 188 Å². The highest BCUT2D eigenvalue weighted by molar-refractivity contribution is 7.13. The second-order valence-electron chi connectivity index (χ2n) is 6.36. The molecule has 0 saturated heterocycles. The minimum absolute atomic E-state index is 0.125. The molecule has 4 N–H and O–H groups in total. The van der Waals surface area contributed by atoms with Crippen LogP contribution in [-0.2, 0) is 11.2 Å². The molecule has 1 aliphatic rings. The van der Waals surface area contributed by atoms with Gasteiger partial charge in [0.1, 0.15) is 22.8 Å². The molecule has 1 aliphatic heterocycles. The molecule has 2 aromatic heterocycles. The maximum Gasteiger partial charge on any atom is 0.270 e. The lowest BCUT2D eigenvalue weighted by atomic mass is 10.0. The van der Waals surface area contributed by atoms with Gasteiger partial charge in [-0.15, -0.1) is 22.9 Å². The lowest BCUT2D eigenvalue weighted by molar-refractivity contribution is -0.116. The van der Waals surface area contributed by atoms with Crippen LogP contribution in [0.2, 0.25) is 0 Å². The maximum atomic E-state index is 12.5. The number of hydrogen-bond donors (Lipinski definition) is 3. The third-order valence-electron chi connectivity index (χ3n) is 4.13. The van der Waals surface area contributed by atoms with Crippen molar-refractivity contribution in [3.63, 3.8) is 0 Å². The minimum Gasteiger partial charge on any atom is -0.399 e. The van der Waals surface area contributed by atoms with E-state index in [2.05, 4.69) is 25.6 Å². The molecule has 0 spiro atoms. The van der Waals surface area contributed by atoms with Crippen LogP contribution in [0, 0.1) is 0 Å². The van der Waals surface area contributed by atoms with Gasteiger partial charge in [0.2, 0.25) is 5.91 Å². The molecule has 0 aromatic carbocycles. The smallest absolute Gasteiger partial charge is 0.270 e. The molecular formula is C20H23ClN6O3S. The molecule has 11 heteroatoms. The van der Waals surface area contributed by atoms with E-state index in [1.54, 1.807) is 19.1 Å². The van der Waals surface area contributed by atoms with E-state index in [1.807, 2.05) is 13.0 Å². The molecule has 9 nitrogen and oxygen atoms in total. The fourth-order valence-corrected chi connectivity index (χ4v) is 3.37. The molecule has 3 heterocycles. The van der Waals surface area contributed by atoms with Gasteiger partial charge in [0.25, 0.3) is 5.91 Å². The first kappa shape index (κ1) is 24.2. The summed E-state index contributed by atoms with van der Waals surface area (Å²) in [6.07, 6.45) is 9.57. The number of rotatable bonds is 6. The minimum atomic E-state index is -0.366. The van der Waals surface area contributed by atoms with Crippen molar-refractivity contribution in [1.82, 2.24) is 20.3 Å². The SMILES string of the molecule is C/C=C(N)\C=C/CCl.CC(NC(=O)c1ncnc2c1CCC(=O)N2)c1ncc(C=O)s1. The predicted molar refractivity (Wildman–Crippen MR) is 120 cm³/mol. The van der Waals surface area contributed by atoms with Crippen LogP contribution in [0.15, 0.2) is 36.4 Å². The average Bonchev–Trinajstić information content (AvgIpc) is 3.26. The van der Waals surface area contributed by atoms with Crippen LogP contribution in [0.3, 0.4) is 0 Å². The lowest BCUT2D eigenvalue weighted by Gasteiger charge is -2.18. The average molecular weight is 463 g/mol. The number of carbonyl (C=O) groups excluding carboxylic acids is 3. The summed E-state index contributed by atoms with van der Waals surface area (Å²) < 4.78 is 0. The molecule has 3 rings (SSSR count). The molecule has 164 valence electrons. The Kier molecular flexibility index (Phi) is 9.29. The Morgan fingerprint density at radius 1 is 1.39 bits per heavy atom. The number of nitrogens with zero attached hydrogens (tertiary/aromatic N) is 3. The van der Waals surface area contributed by atoms with E-state index in [1.165, 1.54) is 23.9 Å². The van der Waals surface area contributed by atoms with Gasteiger partial charge in [0, 0.05) is 29.8 Å². The fourth-order valence-electron chi connectivity index (χ4n) is 2.54. The lowest BCUT2D eigenvalue weighted by Crippen LogP contribution is -2.30. The van der Waals surface area contributed by atoms with Gasteiger partial charge in [-0.1, -0.05) is 12.2 Å². The Bertz CT molecular complexity index is 1000. The number of anilines is 1. The van der Waals surface area contributed by atoms with Crippen molar-refractivity contribution in [3.05, 3.63) is 57.6 Å². The molecule has 31 heavy (non-hydrogen) atoms. The first-order chi connectivity index (χ1) is 14.9. The third kappa shape index (κ3) is 6.97. The Hall–Kier alpha value is -3.11. The highest BCUT2D eigenvalue weighted by Gasteiger charge is 2.24. The molecule has 2 aromatic rings. The van der Waals surface area contributed by atoms with E-state index >= 15 is 0 Å². The summed E-state index contributed by atoms with van der Waals surface area (Å²) in [5.74, 6) is 0.413. The van der Waals surface area contributed by atoms with Gasteiger partial charge in [0.05, 0.1) is 10.9 Å². The topological polar surface area (TPSA) is 140 Å². The first-order valence-corrected chi connectivity index (χ1v) is 10.7. The van der Waals surface area contributed by atoms with Crippen molar-refractivity contribution in [1.29, 1.82) is 0 Å². The van der Waals surface area contributed by atoms with E-state index < -0.39 is 0 Å². The molecule has 2 amide bonds. The van der Waals surface area contributed by atoms with Crippen molar-refractivity contribution in [3.8, 4) is 0 Å². The number of alkyl halides is 1. The Morgan fingerprint density at radius 3 is 2.81 bits per heavy atom. The van der Waals surface area contributed by atoms with Crippen molar-refractivity contribution < 1.29 is 14.4 Å². The van der Waals surface area contributed by atoms with Gasteiger partial charge in [-0.2, -0.15) is 0 Å². The standard InChI is InChI=1S/C14H13N5O3S.C6H10ClN/c1-7(14-15-4-8(5-20)23-14)18-13(22)11-9-2-3-10(21)19-12(9)17-6-16-11;1-2-6(8)4-3-5-7/h4-7H,2-3H2,1H3,(H,18,22)(H,16,17,19,21);2-4H,5,8H2,1H3/b;4-3-,6-2+. The largest absolute Gasteiger partial charge is 0.399 e. The van der Waals surface area contributed by atoms with Crippen LogP contribution < -0.4 is 16.4 Å². The van der Waals surface area contributed by atoms with Crippen molar-refractivity contribution >= 4 is 46.9 Å². The van der Waals surface area contributed by atoms with Crippen LogP contribution in [0.1, 0.15) is 57.0 Å². The number of aromatic nitrogens is 3. The van der Waals surface area contributed by atoms with Gasteiger partial charge in [-0.05, 0) is 26.3 Å². The number of carbonyl (C=O) groups is 3. The van der Waals surface area contributed by atoms with E-state index in [0.717, 1.165) is 12.0 Å². The Morgan fingerprint density at radius 2 is 2.16 bits per heavy atom. The number of thiazole rings is 1. The van der Waals surface area contributed by atoms with E-state index in [-0.39, 0.29) is 23.6 Å². The van der Waals surface area contributed by atoms with Crippen molar-refractivity contribution in [2.24, 2.45) is 5.73 Å². The summed E-state index contributed by atoms with van der Waals surface area (Å²) in [5, 5.41) is 6.07. The molecule has 0 fully saturated rings. The number of nitrogens with two attached hydrogens (primary N) is 1. The highest BCUT2D eigenvalue weighted by atomic mass is 35.5. The second-order valence-corrected chi connectivity index (χ2v) is 7.76. The molecule has 0 radical (unpaired) electrons. The quantitative estimate of drug-likeness (QED) is 0.340. The van der Waals surface area contributed by atoms with E-state index in [4.69, 9.17) is 17.3 Å². The zero-order chi connectivity index (χ0) is 22.8. The van der Waals surface area contributed by atoms with Gasteiger partial charge in [0.15, 0.2) is 6.29 Å². The summed E-state index contributed by atoms with van der Waals surface area (Å²) in [6.45, 7) is 3.66. The molecule has 0 aliphatic carbocycles. The molecule has 0 saturated carbocycles. The summed E-state index contributed by atoms with van der Waals surface area (Å²) in [7, 11) is 0. The van der Waals surface area contributed by atoms with Crippen LogP contribution in [-0.4, -0.2) is 38.9 Å². The molecular weight excluding hydrogens is 440 g/mol. The van der Waals surface area contributed by atoms with Gasteiger partial charge >= 0.3 is 0 Å². The van der Waals surface area contributed by atoms with Crippen LogP contribution >= 0.6 is 22.9 Å². The molecule has 1 atom stereocenters. The third-order valence-corrected chi connectivity index (χ3v) is 5.41.